The van der Waals surface area contributed by atoms with Crippen LogP contribution in [-0.4, -0.2) is 29.3 Å². The van der Waals surface area contributed by atoms with E-state index in [0.717, 1.165) is 11.1 Å². The summed E-state index contributed by atoms with van der Waals surface area (Å²) < 4.78 is 0. The van der Waals surface area contributed by atoms with Crippen molar-refractivity contribution in [3.8, 4) is 5.75 Å². The van der Waals surface area contributed by atoms with Gasteiger partial charge in [-0.2, -0.15) is 0 Å². The largest absolute Gasteiger partial charge is 0.507 e. The molecular formula is C12H17NO3. The second kappa shape index (κ2) is 5.51. The van der Waals surface area contributed by atoms with Gasteiger partial charge in [0.15, 0.2) is 0 Å². The maximum absolute atomic E-state index is 11.7. The van der Waals surface area contributed by atoms with E-state index < -0.39 is 0 Å². The van der Waals surface area contributed by atoms with Gasteiger partial charge in [-0.05, 0) is 37.5 Å². The monoisotopic (exact) mass is 223 g/mol. The Morgan fingerprint density at radius 1 is 1.38 bits per heavy atom. The second-order valence-corrected chi connectivity index (χ2v) is 3.74. The van der Waals surface area contributed by atoms with Gasteiger partial charge >= 0.3 is 0 Å². The molecule has 1 aromatic carbocycles. The van der Waals surface area contributed by atoms with E-state index in [4.69, 9.17) is 5.11 Å². The predicted molar refractivity (Wildman–Crippen MR) is 61.6 cm³/mol. The van der Waals surface area contributed by atoms with Gasteiger partial charge < -0.3 is 15.5 Å². The molecule has 4 heteroatoms. The fourth-order valence-electron chi connectivity index (χ4n) is 1.36. The highest BCUT2D eigenvalue weighted by atomic mass is 16.3. The van der Waals surface area contributed by atoms with Gasteiger partial charge in [-0.3, -0.25) is 4.79 Å². The third-order valence-corrected chi connectivity index (χ3v) is 2.57. The summed E-state index contributed by atoms with van der Waals surface area (Å²) in [5, 5.41) is 21.0. The Morgan fingerprint density at radius 3 is 2.69 bits per heavy atom. The lowest BCUT2D eigenvalue weighted by Gasteiger charge is -2.09. The first-order valence-electron chi connectivity index (χ1n) is 5.26. The molecule has 0 heterocycles. The first kappa shape index (κ1) is 12.5. The van der Waals surface area contributed by atoms with Crippen LogP contribution in [0.3, 0.4) is 0 Å². The van der Waals surface area contributed by atoms with E-state index in [0.29, 0.717) is 13.0 Å². The number of nitrogens with one attached hydrogen (secondary N) is 1. The van der Waals surface area contributed by atoms with Crippen LogP contribution in [0.15, 0.2) is 12.1 Å². The van der Waals surface area contributed by atoms with E-state index in [2.05, 4.69) is 5.32 Å². The molecule has 4 nitrogen and oxygen atoms in total. The number of aliphatic hydroxyl groups excluding tert-OH is 1. The van der Waals surface area contributed by atoms with Crippen LogP contribution in [0.2, 0.25) is 0 Å². The molecule has 0 radical (unpaired) electrons. The average Bonchev–Trinajstić information content (AvgIpc) is 2.26. The van der Waals surface area contributed by atoms with E-state index in [9.17, 15) is 9.90 Å². The van der Waals surface area contributed by atoms with Crippen LogP contribution in [0.4, 0.5) is 0 Å². The minimum Gasteiger partial charge on any atom is -0.507 e. The summed E-state index contributed by atoms with van der Waals surface area (Å²) in [7, 11) is 0. The van der Waals surface area contributed by atoms with Gasteiger partial charge in [-0.1, -0.05) is 6.07 Å². The number of carbonyl (C=O) groups is 1. The van der Waals surface area contributed by atoms with Crippen LogP contribution < -0.4 is 5.32 Å². The lowest BCUT2D eigenvalue weighted by Crippen LogP contribution is -2.25. The quantitative estimate of drug-likeness (QED) is 0.670. The summed E-state index contributed by atoms with van der Waals surface area (Å²) in [6.07, 6.45) is 0.511. The van der Waals surface area contributed by atoms with Gasteiger partial charge in [-0.25, -0.2) is 0 Å². The summed E-state index contributed by atoms with van der Waals surface area (Å²) in [4.78, 5) is 11.7. The van der Waals surface area contributed by atoms with E-state index in [1.54, 1.807) is 19.1 Å². The number of phenolic OH excluding ortho intramolecular Hbond substituents is 1. The molecule has 88 valence electrons. The maximum Gasteiger partial charge on any atom is 0.255 e. The number of aromatic hydroxyl groups is 1. The van der Waals surface area contributed by atoms with Crippen molar-refractivity contribution in [2.75, 3.05) is 13.2 Å². The lowest BCUT2D eigenvalue weighted by molar-refractivity contribution is 0.0948. The van der Waals surface area contributed by atoms with Crippen LogP contribution in [0.5, 0.6) is 5.75 Å². The second-order valence-electron chi connectivity index (χ2n) is 3.74. The number of aliphatic hydroxyl groups is 1. The molecule has 16 heavy (non-hydrogen) atoms. The minimum atomic E-state index is -0.311. The molecule has 0 saturated carbocycles. The summed E-state index contributed by atoms with van der Waals surface area (Å²) >= 11 is 0. The minimum absolute atomic E-state index is 0.0292. The smallest absolute Gasteiger partial charge is 0.255 e. The number of amides is 1. The highest BCUT2D eigenvalue weighted by Crippen LogP contribution is 2.24. The molecular weight excluding hydrogens is 206 g/mol. The zero-order chi connectivity index (χ0) is 12.1. The lowest BCUT2D eigenvalue weighted by atomic mass is 10.0. The summed E-state index contributed by atoms with van der Waals surface area (Å²) in [5.74, 6) is -0.282. The van der Waals surface area contributed by atoms with Gasteiger partial charge in [0.05, 0.1) is 5.56 Å². The van der Waals surface area contributed by atoms with Gasteiger partial charge in [0.1, 0.15) is 5.75 Å². The molecule has 0 unspecified atom stereocenters. The summed E-state index contributed by atoms with van der Waals surface area (Å²) in [6, 6.07) is 3.40. The molecule has 0 aromatic heterocycles. The predicted octanol–water partition coefficient (Wildman–Crippen LogP) is 1.12. The Morgan fingerprint density at radius 2 is 2.06 bits per heavy atom. The first-order valence-corrected chi connectivity index (χ1v) is 5.26. The Kier molecular flexibility index (Phi) is 4.31. The van der Waals surface area contributed by atoms with Crippen molar-refractivity contribution in [1.82, 2.24) is 5.32 Å². The molecule has 0 bridgehead atoms. The molecule has 3 N–H and O–H groups in total. The molecule has 1 rings (SSSR count). The molecule has 0 fully saturated rings. The summed E-state index contributed by atoms with van der Waals surface area (Å²) in [6.45, 7) is 4.10. The Hall–Kier alpha value is -1.55. The molecule has 1 aromatic rings. The normalized spacial score (nSPS) is 10.2. The van der Waals surface area contributed by atoms with Gasteiger partial charge in [0.25, 0.3) is 5.91 Å². The van der Waals surface area contributed by atoms with Crippen LogP contribution in [0.1, 0.15) is 27.9 Å². The van der Waals surface area contributed by atoms with E-state index in [1.165, 1.54) is 0 Å². The number of hydrogen-bond donors (Lipinski definition) is 3. The van der Waals surface area contributed by atoms with Crippen molar-refractivity contribution in [2.45, 2.75) is 20.3 Å². The molecule has 0 aliphatic carbocycles. The van der Waals surface area contributed by atoms with Crippen molar-refractivity contribution in [3.05, 3.63) is 28.8 Å². The highest BCUT2D eigenvalue weighted by Gasteiger charge is 2.13. The maximum atomic E-state index is 11.7. The van der Waals surface area contributed by atoms with Gasteiger partial charge in [0.2, 0.25) is 0 Å². The van der Waals surface area contributed by atoms with Crippen LogP contribution in [0.25, 0.3) is 0 Å². The number of aryl methyl sites for hydroxylation is 1. The van der Waals surface area contributed by atoms with Crippen LogP contribution in [0, 0.1) is 13.8 Å². The van der Waals surface area contributed by atoms with Crippen LogP contribution in [-0.2, 0) is 0 Å². The Labute approximate surface area is 94.9 Å². The standard InChI is InChI=1S/C12H17NO3/c1-8-4-5-10(11(15)9(8)2)12(16)13-6-3-7-14/h4-5,14-15H,3,6-7H2,1-2H3,(H,13,16). The van der Waals surface area contributed by atoms with E-state index in [-0.39, 0.29) is 23.8 Å². The van der Waals surface area contributed by atoms with Crippen molar-refractivity contribution < 1.29 is 15.0 Å². The Bertz CT molecular complexity index is 388. The van der Waals surface area contributed by atoms with Gasteiger partial charge in [0, 0.05) is 13.2 Å². The number of phenols is 1. The molecule has 1 amide bonds. The van der Waals surface area contributed by atoms with Crippen LogP contribution >= 0.6 is 0 Å². The zero-order valence-electron chi connectivity index (χ0n) is 9.58. The zero-order valence-corrected chi connectivity index (χ0v) is 9.58. The topological polar surface area (TPSA) is 69.6 Å². The fourth-order valence-corrected chi connectivity index (χ4v) is 1.36. The molecule has 0 aliphatic heterocycles. The first-order chi connectivity index (χ1) is 7.57. The highest BCUT2D eigenvalue weighted by molar-refractivity contribution is 5.97. The Balaban J connectivity index is 2.80. The number of rotatable bonds is 4. The number of benzene rings is 1. The average molecular weight is 223 g/mol. The number of carbonyl (C=O) groups excluding carboxylic acids is 1. The number of hydrogen-bond acceptors (Lipinski definition) is 3. The molecule has 0 atom stereocenters. The fraction of sp³-hybridized carbons (Fsp3) is 0.417. The van der Waals surface area contributed by atoms with Crippen molar-refractivity contribution in [3.63, 3.8) is 0 Å². The summed E-state index contributed by atoms with van der Waals surface area (Å²) in [5.41, 5.74) is 1.94. The van der Waals surface area contributed by atoms with Crippen molar-refractivity contribution >= 4 is 5.91 Å². The van der Waals surface area contributed by atoms with Gasteiger partial charge in [-0.15, -0.1) is 0 Å². The third kappa shape index (κ3) is 2.73. The molecule has 0 saturated heterocycles. The molecule has 0 aliphatic rings. The third-order valence-electron chi connectivity index (χ3n) is 2.57. The SMILES string of the molecule is Cc1ccc(C(=O)NCCCO)c(O)c1C. The molecule has 0 spiro atoms. The van der Waals surface area contributed by atoms with Crippen molar-refractivity contribution in [1.29, 1.82) is 0 Å². The van der Waals surface area contributed by atoms with E-state index >= 15 is 0 Å². The van der Waals surface area contributed by atoms with E-state index in [1.807, 2.05) is 6.92 Å². The van der Waals surface area contributed by atoms with Crippen molar-refractivity contribution in [2.24, 2.45) is 0 Å².